The number of benzene rings is 1. The average molecular weight is 346 g/mol. The van der Waals surface area contributed by atoms with Crippen molar-refractivity contribution in [2.24, 2.45) is 0 Å². The van der Waals surface area contributed by atoms with Crippen molar-refractivity contribution in [2.75, 3.05) is 0 Å². The fourth-order valence-electron chi connectivity index (χ4n) is 2.11. The minimum atomic E-state index is -0.591. The molecule has 2 aromatic rings. The first-order valence-electron chi connectivity index (χ1n) is 7.77. The average Bonchev–Trinajstić information content (AvgIpc) is 2.97. The normalized spacial score (nSPS) is 11.2. The fourth-order valence-corrected chi connectivity index (χ4v) is 2.70. The monoisotopic (exact) mass is 346 g/mol. The molecule has 0 aliphatic carbocycles. The van der Waals surface area contributed by atoms with Gasteiger partial charge in [-0.1, -0.05) is 23.5 Å². The summed E-state index contributed by atoms with van der Waals surface area (Å²) in [6.45, 7) is 9.35. The standard InChI is InChI=1S/C17H22N4O2S/c1-6-12-7-9-13(10-8-12)15(22)19-21(17(3,4)5)16(23)14-11(2)18-20-24-14/h7-10H,6H2,1-5H3,(H,19,22). The Hall–Kier alpha value is -2.28. The molecule has 0 aliphatic rings. The Morgan fingerprint density at radius 1 is 1.21 bits per heavy atom. The molecule has 1 N–H and O–H groups in total. The van der Waals surface area contributed by atoms with Crippen LogP contribution in [0.25, 0.3) is 0 Å². The Morgan fingerprint density at radius 2 is 1.83 bits per heavy atom. The topological polar surface area (TPSA) is 75.2 Å². The predicted octanol–water partition coefficient (Wildman–Crippen LogP) is 2.99. The van der Waals surface area contributed by atoms with Gasteiger partial charge in [-0.15, -0.1) is 5.10 Å². The minimum Gasteiger partial charge on any atom is -0.267 e. The molecule has 0 unspecified atom stereocenters. The zero-order chi connectivity index (χ0) is 17.9. The van der Waals surface area contributed by atoms with Crippen molar-refractivity contribution in [1.29, 1.82) is 0 Å². The molecule has 0 radical (unpaired) electrons. The Kier molecular flexibility index (Phi) is 5.33. The van der Waals surface area contributed by atoms with Gasteiger partial charge in [0.05, 0.1) is 11.2 Å². The van der Waals surface area contributed by atoms with Crippen molar-refractivity contribution in [3.05, 3.63) is 46.0 Å². The van der Waals surface area contributed by atoms with E-state index in [2.05, 4.69) is 21.9 Å². The number of hydrazine groups is 1. The highest BCUT2D eigenvalue weighted by atomic mass is 32.1. The number of carbonyl (C=O) groups is 2. The Bertz CT molecular complexity index is 732. The van der Waals surface area contributed by atoms with Gasteiger partial charge in [0, 0.05) is 5.56 Å². The summed E-state index contributed by atoms with van der Waals surface area (Å²) in [7, 11) is 0. The summed E-state index contributed by atoms with van der Waals surface area (Å²) in [6, 6.07) is 7.35. The van der Waals surface area contributed by atoms with Crippen molar-refractivity contribution in [2.45, 2.75) is 46.6 Å². The Morgan fingerprint density at radius 3 is 2.29 bits per heavy atom. The van der Waals surface area contributed by atoms with E-state index in [0.717, 1.165) is 23.5 Å². The molecule has 128 valence electrons. The molecule has 0 fully saturated rings. The molecule has 2 amide bonds. The SMILES string of the molecule is CCc1ccc(C(=O)NN(C(=O)c2snnc2C)C(C)(C)C)cc1. The first-order valence-corrected chi connectivity index (χ1v) is 8.54. The maximum atomic E-state index is 12.8. The summed E-state index contributed by atoms with van der Waals surface area (Å²) in [6.07, 6.45) is 0.909. The molecule has 0 spiro atoms. The van der Waals surface area contributed by atoms with Gasteiger partial charge in [-0.3, -0.25) is 15.0 Å². The number of nitrogens with one attached hydrogen (secondary N) is 1. The molecule has 0 saturated heterocycles. The summed E-state index contributed by atoms with van der Waals surface area (Å²) in [5, 5.41) is 5.21. The van der Waals surface area contributed by atoms with Crippen LogP contribution in [0.2, 0.25) is 0 Å². The lowest BCUT2D eigenvalue weighted by Crippen LogP contribution is -2.55. The van der Waals surface area contributed by atoms with Gasteiger partial charge in [-0.05, 0) is 63.3 Å². The van der Waals surface area contributed by atoms with E-state index in [0.29, 0.717) is 16.1 Å². The van der Waals surface area contributed by atoms with Crippen LogP contribution in [0.15, 0.2) is 24.3 Å². The molecule has 0 saturated carbocycles. The molecule has 2 rings (SSSR count). The summed E-state index contributed by atoms with van der Waals surface area (Å²) >= 11 is 1.03. The van der Waals surface area contributed by atoms with Crippen LogP contribution in [0.1, 0.15) is 59.0 Å². The molecule has 0 aliphatic heterocycles. The third-order valence-electron chi connectivity index (χ3n) is 3.56. The van der Waals surface area contributed by atoms with Crippen LogP contribution < -0.4 is 5.43 Å². The summed E-state index contributed by atoms with van der Waals surface area (Å²) in [4.78, 5) is 25.7. The lowest BCUT2D eigenvalue weighted by Gasteiger charge is -2.35. The number of carbonyl (C=O) groups excluding carboxylic acids is 2. The maximum Gasteiger partial charge on any atom is 0.286 e. The van der Waals surface area contributed by atoms with Gasteiger partial charge in [0.25, 0.3) is 11.8 Å². The van der Waals surface area contributed by atoms with E-state index in [1.54, 1.807) is 19.1 Å². The molecule has 0 bridgehead atoms. The highest BCUT2D eigenvalue weighted by Gasteiger charge is 2.31. The molecule has 24 heavy (non-hydrogen) atoms. The zero-order valence-corrected chi connectivity index (χ0v) is 15.4. The molecule has 1 heterocycles. The van der Waals surface area contributed by atoms with E-state index in [1.807, 2.05) is 32.9 Å². The van der Waals surface area contributed by atoms with Crippen molar-refractivity contribution >= 4 is 23.3 Å². The minimum absolute atomic E-state index is 0.312. The Labute approximate surface area is 146 Å². The number of aryl methyl sites for hydroxylation is 2. The van der Waals surface area contributed by atoms with Crippen LogP contribution in [0.4, 0.5) is 0 Å². The van der Waals surface area contributed by atoms with Crippen molar-refractivity contribution in [3.63, 3.8) is 0 Å². The number of rotatable bonds is 3. The van der Waals surface area contributed by atoms with Crippen LogP contribution in [-0.4, -0.2) is 31.9 Å². The molecule has 1 aromatic carbocycles. The van der Waals surface area contributed by atoms with Gasteiger partial charge >= 0.3 is 0 Å². The lowest BCUT2D eigenvalue weighted by atomic mass is 10.1. The summed E-state index contributed by atoms with van der Waals surface area (Å²) < 4.78 is 3.80. The smallest absolute Gasteiger partial charge is 0.267 e. The van der Waals surface area contributed by atoms with Gasteiger partial charge in [0.15, 0.2) is 0 Å². The molecular weight excluding hydrogens is 324 g/mol. The van der Waals surface area contributed by atoms with E-state index in [1.165, 1.54) is 5.01 Å². The van der Waals surface area contributed by atoms with E-state index in [4.69, 9.17) is 0 Å². The number of nitrogens with zero attached hydrogens (tertiary/aromatic N) is 3. The fraction of sp³-hybridized carbons (Fsp3) is 0.412. The van der Waals surface area contributed by atoms with Gasteiger partial charge in [0.1, 0.15) is 4.88 Å². The first-order chi connectivity index (χ1) is 11.2. The highest BCUT2D eigenvalue weighted by Crippen LogP contribution is 2.19. The van der Waals surface area contributed by atoms with Crippen LogP contribution in [0.5, 0.6) is 0 Å². The number of hydrogen-bond donors (Lipinski definition) is 1. The molecule has 6 nitrogen and oxygen atoms in total. The van der Waals surface area contributed by atoms with Crippen LogP contribution in [0, 0.1) is 6.92 Å². The van der Waals surface area contributed by atoms with Gasteiger partial charge in [-0.2, -0.15) is 0 Å². The van der Waals surface area contributed by atoms with Crippen LogP contribution in [0.3, 0.4) is 0 Å². The maximum absolute atomic E-state index is 12.8. The van der Waals surface area contributed by atoms with Gasteiger partial charge in [0.2, 0.25) is 0 Å². The largest absolute Gasteiger partial charge is 0.286 e. The van der Waals surface area contributed by atoms with E-state index in [9.17, 15) is 9.59 Å². The third-order valence-corrected chi connectivity index (χ3v) is 4.37. The molecule has 0 atom stereocenters. The third kappa shape index (κ3) is 3.97. The van der Waals surface area contributed by atoms with Gasteiger partial charge in [-0.25, -0.2) is 5.01 Å². The first kappa shape index (κ1) is 18.1. The lowest BCUT2D eigenvalue weighted by molar-refractivity contribution is 0.0362. The summed E-state index contributed by atoms with van der Waals surface area (Å²) in [5.41, 5.74) is 4.35. The summed E-state index contributed by atoms with van der Waals surface area (Å²) in [5.74, 6) is -0.635. The van der Waals surface area contributed by atoms with Crippen LogP contribution in [-0.2, 0) is 6.42 Å². The number of hydrogen-bond acceptors (Lipinski definition) is 5. The molecule has 7 heteroatoms. The second-order valence-corrected chi connectivity index (χ2v) is 7.24. The van der Waals surface area contributed by atoms with Gasteiger partial charge < -0.3 is 0 Å². The molecule has 1 aromatic heterocycles. The van der Waals surface area contributed by atoms with E-state index < -0.39 is 5.54 Å². The zero-order valence-electron chi connectivity index (χ0n) is 14.6. The highest BCUT2D eigenvalue weighted by molar-refractivity contribution is 7.07. The molecular formula is C17H22N4O2S. The number of amides is 2. The number of aromatic nitrogens is 2. The van der Waals surface area contributed by atoms with Crippen molar-refractivity contribution in [1.82, 2.24) is 20.0 Å². The predicted molar refractivity (Wildman–Crippen MR) is 93.9 cm³/mol. The second-order valence-electron chi connectivity index (χ2n) is 6.49. The van der Waals surface area contributed by atoms with E-state index >= 15 is 0 Å². The Balaban J connectivity index is 2.24. The van der Waals surface area contributed by atoms with Crippen molar-refractivity contribution in [3.8, 4) is 0 Å². The van der Waals surface area contributed by atoms with Crippen molar-refractivity contribution < 1.29 is 9.59 Å². The second kappa shape index (κ2) is 7.09. The van der Waals surface area contributed by atoms with E-state index in [-0.39, 0.29) is 11.8 Å². The van der Waals surface area contributed by atoms with Crippen LogP contribution >= 0.6 is 11.5 Å². The quantitative estimate of drug-likeness (QED) is 0.867.